The van der Waals surface area contributed by atoms with Gasteiger partial charge in [0.2, 0.25) is 0 Å². The molecule has 2 aliphatic rings. The normalized spacial score (nSPS) is 19.4. The summed E-state index contributed by atoms with van der Waals surface area (Å²) in [5.41, 5.74) is 1.24. The third-order valence-electron chi connectivity index (χ3n) is 6.59. The second kappa shape index (κ2) is 8.04. The van der Waals surface area contributed by atoms with E-state index in [1.165, 1.54) is 47.8 Å². The number of fused-ring (bicyclic) bond motifs is 2. The number of benzene rings is 1. The van der Waals surface area contributed by atoms with Gasteiger partial charge in [-0.3, -0.25) is 0 Å². The van der Waals surface area contributed by atoms with Crippen LogP contribution in [0.4, 0.5) is 5.82 Å². The first-order chi connectivity index (χ1) is 15.4. The second-order valence-electron chi connectivity index (χ2n) is 8.61. The SMILES string of the molecule is c1ccc(-c2cc3c(N4CCCC(c5nnc6n5CCCCC6)C4)ncnc3s2)cc1. The van der Waals surface area contributed by atoms with Crippen molar-refractivity contribution in [2.75, 3.05) is 18.0 Å². The zero-order valence-electron chi connectivity index (χ0n) is 17.6. The van der Waals surface area contributed by atoms with Crippen LogP contribution < -0.4 is 4.90 Å². The van der Waals surface area contributed by atoms with Crippen molar-refractivity contribution in [3.63, 3.8) is 0 Å². The fourth-order valence-electron chi connectivity index (χ4n) is 5.03. The average Bonchev–Trinajstić information content (AvgIpc) is 3.37. The lowest BCUT2D eigenvalue weighted by Crippen LogP contribution is -2.36. The maximum atomic E-state index is 4.73. The molecular formula is C24H26N6S. The van der Waals surface area contributed by atoms with Crippen molar-refractivity contribution in [3.05, 3.63) is 54.4 Å². The summed E-state index contributed by atoms with van der Waals surface area (Å²) in [6, 6.07) is 12.8. The Hall–Kier alpha value is -2.80. The number of anilines is 1. The molecule has 1 aromatic carbocycles. The summed E-state index contributed by atoms with van der Waals surface area (Å²) >= 11 is 1.74. The van der Waals surface area contributed by atoms with Crippen LogP contribution in [0.5, 0.6) is 0 Å². The van der Waals surface area contributed by atoms with Gasteiger partial charge in [-0.25, -0.2) is 9.97 Å². The summed E-state index contributed by atoms with van der Waals surface area (Å²) in [6.45, 7) is 3.04. The Morgan fingerprint density at radius 1 is 0.935 bits per heavy atom. The van der Waals surface area contributed by atoms with E-state index in [9.17, 15) is 0 Å². The monoisotopic (exact) mass is 430 g/mol. The molecule has 7 heteroatoms. The summed E-state index contributed by atoms with van der Waals surface area (Å²) in [5, 5.41) is 10.4. The molecule has 6 rings (SSSR count). The van der Waals surface area contributed by atoms with Crippen molar-refractivity contribution in [1.82, 2.24) is 24.7 Å². The summed E-state index contributed by atoms with van der Waals surface area (Å²) in [7, 11) is 0. The number of rotatable bonds is 3. The summed E-state index contributed by atoms with van der Waals surface area (Å²) in [6.07, 6.45) is 8.85. The first-order valence-corrected chi connectivity index (χ1v) is 12.2. The molecular weight excluding hydrogens is 404 g/mol. The first kappa shape index (κ1) is 18.9. The Balaban J connectivity index is 1.32. The van der Waals surface area contributed by atoms with Crippen LogP contribution in [0.3, 0.4) is 0 Å². The zero-order chi connectivity index (χ0) is 20.6. The van der Waals surface area contributed by atoms with Crippen molar-refractivity contribution in [1.29, 1.82) is 0 Å². The van der Waals surface area contributed by atoms with Gasteiger partial charge in [-0.15, -0.1) is 21.5 Å². The van der Waals surface area contributed by atoms with E-state index < -0.39 is 0 Å². The van der Waals surface area contributed by atoms with Crippen LogP contribution in [-0.4, -0.2) is 37.8 Å². The quantitative estimate of drug-likeness (QED) is 0.455. The maximum Gasteiger partial charge on any atom is 0.140 e. The third-order valence-corrected chi connectivity index (χ3v) is 7.68. The lowest BCUT2D eigenvalue weighted by Gasteiger charge is -2.33. The highest BCUT2D eigenvalue weighted by molar-refractivity contribution is 7.21. The van der Waals surface area contributed by atoms with Gasteiger partial charge in [0, 0.05) is 36.9 Å². The molecule has 1 saturated heterocycles. The highest BCUT2D eigenvalue weighted by atomic mass is 32.1. The minimum atomic E-state index is 0.408. The molecule has 0 radical (unpaired) electrons. The fraction of sp³-hybridized carbons (Fsp3) is 0.417. The van der Waals surface area contributed by atoms with Crippen molar-refractivity contribution in [2.24, 2.45) is 0 Å². The van der Waals surface area contributed by atoms with Crippen LogP contribution in [0, 0.1) is 0 Å². The Bertz CT molecular complexity index is 1200. The molecule has 1 unspecified atom stereocenters. The number of aryl methyl sites for hydroxylation is 1. The summed E-state index contributed by atoms with van der Waals surface area (Å²) < 4.78 is 2.41. The van der Waals surface area contributed by atoms with Gasteiger partial charge in [0.15, 0.2) is 0 Å². The van der Waals surface area contributed by atoms with E-state index in [1.807, 2.05) is 0 Å². The molecule has 3 aromatic heterocycles. The number of piperidine rings is 1. The van der Waals surface area contributed by atoms with E-state index in [4.69, 9.17) is 4.98 Å². The van der Waals surface area contributed by atoms with Gasteiger partial charge in [0.1, 0.15) is 28.6 Å². The van der Waals surface area contributed by atoms with Crippen LogP contribution >= 0.6 is 11.3 Å². The van der Waals surface area contributed by atoms with Crippen LogP contribution in [0.15, 0.2) is 42.7 Å². The highest BCUT2D eigenvalue weighted by Crippen LogP contribution is 2.38. The molecule has 2 aliphatic heterocycles. The molecule has 4 aromatic rings. The second-order valence-corrected chi connectivity index (χ2v) is 9.65. The predicted molar refractivity (Wildman–Crippen MR) is 125 cm³/mol. The molecule has 0 aliphatic carbocycles. The molecule has 0 amide bonds. The number of aromatic nitrogens is 5. The van der Waals surface area contributed by atoms with E-state index in [0.29, 0.717) is 5.92 Å². The van der Waals surface area contributed by atoms with Gasteiger partial charge >= 0.3 is 0 Å². The van der Waals surface area contributed by atoms with Gasteiger partial charge in [-0.05, 0) is 37.3 Å². The minimum Gasteiger partial charge on any atom is -0.355 e. The minimum absolute atomic E-state index is 0.408. The Morgan fingerprint density at radius 2 is 1.87 bits per heavy atom. The number of hydrogen-bond acceptors (Lipinski definition) is 6. The largest absolute Gasteiger partial charge is 0.355 e. The van der Waals surface area contributed by atoms with E-state index in [-0.39, 0.29) is 0 Å². The van der Waals surface area contributed by atoms with Crippen LogP contribution in [0.1, 0.15) is 49.7 Å². The standard InChI is InChI=1S/C24H26N6S/c1-3-8-17(9-4-1)20-14-19-23(25-16-26-24(19)31-20)29-12-7-10-18(15-29)22-28-27-21-11-5-2-6-13-30(21)22/h1,3-4,8-9,14,16,18H,2,5-7,10-13,15H2. The molecule has 1 atom stereocenters. The molecule has 0 bridgehead atoms. The average molecular weight is 431 g/mol. The Kier molecular flexibility index (Phi) is 4.91. The van der Waals surface area contributed by atoms with Gasteiger partial charge < -0.3 is 9.47 Å². The van der Waals surface area contributed by atoms with E-state index in [2.05, 4.69) is 61.0 Å². The van der Waals surface area contributed by atoms with Crippen molar-refractivity contribution in [2.45, 2.75) is 51.0 Å². The lowest BCUT2D eigenvalue weighted by molar-refractivity contribution is 0.464. The molecule has 1 fully saturated rings. The predicted octanol–water partition coefficient (Wildman–Crippen LogP) is 5.06. The summed E-state index contributed by atoms with van der Waals surface area (Å²) in [5.74, 6) is 3.83. The van der Waals surface area contributed by atoms with Crippen LogP contribution in [-0.2, 0) is 13.0 Å². The highest BCUT2D eigenvalue weighted by Gasteiger charge is 2.29. The maximum absolute atomic E-state index is 4.73. The Labute approximate surface area is 186 Å². The molecule has 158 valence electrons. The van der Waals surface area contributed by atoms with Crippen molar-refractivity contribution < 1.29 is 0 Å². The van der Waals surface area contributed by atoms with Crippen LogP contribution in [0.25, 0.3) is 20.7 Å². The number of hydrogen-bond donors (Lipinski definition) is 0. The molecule has 6 nitrogen and oxygen atoms in total. The third kappa shape index (κ3) is 3.51. The molecule has 31 heavy (non-hydrogen) atoms. The lowest BCUT2D eigenvalue weighted by atomic mass is 9.96. The smallest absolute Gasteiger partial charge is 0.140 e. The van der Waals surface area contributed by atoms with Crippen molar-refractivity contribution in [3.8, 4) is 10.4 Å². The van der Waals surface area contributed by atoms with Crippen molar-refractivity contribution >= 4 is 27.4 Å². The fourth-order valence-corrected chi connectivity index (χ4v) is 6.03. The summed E-state index contributed by atoms with van der Waals surface area (Å²) in [4.78, 5) is 14.1. The van der Waals surface area contributed by atoms with E-state index >= 15 is 0 Å². The van der Waals surface area contributed by atoms with Crippen LogP contribution in [0.2, 0.25) is 0 Å². The van der Waals surface area contributed by atoms with E-state index in [1.54, 1.807) is 17.7 Å². The molecule has 0 spiro atoms. The number of nitrogens with zero attached hydrogens (tertiary/aromatic N) is 6. The van der Waals surface area contributed by atoms with E-state index in [0.717, 1.165) is 48.5 Å². The molecule has 0 saturated carbocycles. The van der Waals surface area contributed by atoms with Gasteiger partial charge in [-0.1, -0.05) is 36.8 Å². The molecule has 5 heterocycles. The zero-order valence-corrected chi connectivity index (χ0v) is 18.4. The topological polar surface area (TPSA) is 59.7 Å². The van der Waals surface area contributed by atoms with Gasteiger partial charge in [0.05, 0.1) is 5.39 Å². The number of thiophene rings is 1. The Morgan fingerprint density at radius 3 is 2.81 bits per heavy atom. The van der Waals surface area contributed by atoms with Gasteiger partial charge in [-0.2, -0.15) is 0 Å². The van der Waals surface area contributed by atoms with Gasteiger partial charge in [0.25, 0.3) is 0 Å². The molecule has 0 N–H and O–H groups in total. The first-order valence-electron chi connectivity index (χ1n) is 11.3.